The molecule has 1 fully saturated rings. The van der Waals surface area contributed by atoms with E-state index in [9.17, 15) is 5.11 Å². The minimum Gasteiger partial charge on any atom is -0.392 e. The van der Waals surface area contributed by atoms with Crippen LogP contribution in [-0.4, -0.2) is 16.5 Å². The lowest BCUT2D eigenvalue weighted by atomic mass is 9.88. The van der Waals surface area contributed by atoms with Gasteiger partial charge in [0.05, 0.1) is 6.10 Å². The summed E-state index contributed by atoms with van der Waals surface area (Å²) in [7, 11) is 0. The van der Waals surface area contributed by atoms with Crippen LogP contribution in [0.25, 0.3) is 0 Å². The molecule has 1 nitrogen and oxygen atoms in total. The number of hydrogen-bond donors (Lipinski definition) is 1. The van der Waals surface area contributed by atoms with Crippen molar-refractivity contribution in [3.63, 3.8) is 0 Å². The molecule has 0 bridgehead atoms. The Labute approximate surface area is 95.9 Å². The number of aliphatic hydroxyl groups is 1. The Morgan fingerprint density at radius 2 is 1.93 bits per heavy atom. The van der Waals surface area contributed by atoms with Crippen LogP contribution in [0.5, 0.6) is 0 Å². The molecule has 0 amide bonds. The molecule has 0 heterocycles. The monoisotopic (exact) mass is 222 g/mol. The largest absolute Gasteiger partial charge is 0.392 e. The number of hydrogen-bond acceptors (Lipinski definition) is 2. The normalized spacial score (nSPS) is 31.5. The van der Waals surface area contributed by atoms with E-state index in [1.807, 2.05) is 17.8 Å². The van der Waals surface area contributed by atoms with Crippen LogP contribution in [-0.2, 0) is 0 Å². The van der Waals surface area contributed by atoms with E-state index in [4.69, 9.17) is 0 Å². The number of aliphatic hydroxyl groups excluding tert-OH is 1. The van der Waals surface area contributed by atoms with Crippen molar-refractivity contribution in [3.05, 3.63) is 30.3 Å². The molecule has 1 aromatic carbocycles. The molecule has 1 saturated carbocycles. The Morgan fingerprint density at radius 1 is 1.20 bits per heavy atom. The Balaban J connectivity index is 1.98. The first-order chi connectivity index (χ1) is 7.25. The number of rotatable bonds is 2. The second-order valence-corrected chi connectivity index (χ2v) is 5.77. The standard InChI is InChI=1S/C13H18OS/c1-10-7-8-12(14)13(9-10)15-11-5-3-2-4-6-11/h2-6,10,12-14H,7-9H2,1H3. The lowest BCUT2D eigenvalue weighted by molar-refractivity contribution is 0.119. The van der Waals surface area contributed by atoms with Gasteiger partial charge in [-0.1, -0.05) is 25.1 Å². The van der Waals surface area contributed by atoms with E-state index in [1.165, 1.54) is 11.3 Å². The molecule has 0 saturated heterocycles. The van der Waals surface area contributed by atoms with Gasteiger partial charge >= 0.3 is 0 Å². The van der Waals surface area contributed by atoms with E-state index in [0.29, 0.717) is 5.25 Å². The number of benzene rings is 1. The summed E-state index contributed by atoms with van der Waals surface area (Å²) in [5.41, 5.74) is 0. The van der Waals surface area contributed by atoms with Crippen LogP contribution in [0.15, 0.2) is 35.2 Å². The Bertz CT molecular complexity index is 299. The van der Waals surface area contributed by atoms with Crippen LogP contribution in [0.1, 0.15) is 26.2 Å². The van der Waals surface area contributed by atoms with E-state index in [2.05, 4.69) is 31.2 Å². The molecular formula is C13H18OS. The third-order valence-corrected chi connectivity index (χ3v) is 4.40. The van der Waals surface area contributed by atoms with Crippen molar-refractivity contribution in [2.24, 2.45) is 5.92 Å². The fourth-order valence-corrected chi connectivity index (χ4v) is 3.49. The summed E-state index contributed by atoms with van der Waals surface area (Å²) in [6.45, 7) is 2.28. The molecule has 1 aliphatic carbocycles. The molecule has 2 heteroatoms. The second kappa shape index (κ2) is 5.04. The fourth-order valence-electron chi connectivity index (χ4n) is 2.11. The minimum absolute atomic E-state index is 0.119. The van der Waals surface area contributed by atoms with Gasteiger partial charge in [-0.2, -0.15) is 0 Å². The molecule has 0 aliphatic heterocycles. The molecule has 0 aromatic heterocycles. The van der Waals surface area contributed by atoms with E-state index >= 15 is 0 Å². The predicted molar refractivity (Wildman–Crippen MR) is 65.1 cm³/mol. The van der Waals surface area contributed by atoms with E-state index in [-0.39, 0.29) is 6.10 Å². The van der Waals surface area contributed by atoms with Gasteiger partial charge in [0.15, 0.2) is 0 Å². The minimum atomic E-state index is -0.119. The Morgan fingerprint density at radius 3 is 2.67 bits per heavy atom. The van der Waals surface area contributed by atoms with Gasteiger partial charge < -0.3 is 5.11 Å². The van der Waals surface area contributed by atoms with Gasteiger partial charge in [0, 0.05) is 10.1 Å². The van der Waals surface area contributed by atoms with Crippen molar-refractivity contribution >= 4 is 11.8 Å². The van der Waals surface area contributed by atoms with Gasteiger partial charge in [0.2, 0.25) is 0 Å². The van der Waals surface area contributed by atoms with Gasteiger partial charge in [0.25, 0.3) is 0 Å². The third kappa shape index (κ3) is 2.99. The van der Waals surface area contributed by atoms with E-state index < -0.39 is 0 Å². The van der Waals surface area contributed by atoms with E-state index in [1.54, 1.807) is 0 Å². The maximum atomic E-state index is 9.93. The van der Waals surface area contributed by atoms with Gasteiger partial charge in [-0.05, 0) is 37.3 Å². The smallest absolute Gasteiger partial charge is 0.0662 e. The summed E-state index contributed by atoms with van der Waals surface area (Å²) in [6, 6.07) is 10.4. The van der Waals surface area contributed by atoms with Crippen molar-refractivity contribution in [2.75, 3.05) is 0 Å². The van der Waals surface area contributed by atoms with E-state index in [0.717, 1.165) is 18.8 Å². The van der Waals surface area contributed by atoms with Crippen LogP contribution in [0.4, 0.5) is 0 Å². The molecule has 0 radical (unpaired) electrons. The lowest BCUT2D eigenvalue weighted by Gasteiger charge is -2.31. The predicted octanol–water partition coefficient (Wildman–Crippen LogP) is 3.33. The SMILES string of the molecule is CC1CCC(O)C(Sc2ccccc2)C1. The first kappa shape index (κ1) is 11.0. The molecule has 0 spiro atoms. The first-order valence-corrected chi connectivity index (χ1v) is 6.53. The van der Waals surface area contributed by atoms with Crippen molar-refractivity contribution in [2.45, 2.75) is 42.4 Å². The molecule has 1 aromatic rings. The van der Waals surface area contributed by atoms with Gasteiger partial charge in [0.1, 0.15) is 0 Å². The lowest BCUT2D eigenvalue weighted by Crippen LogP contribution is -2.30. The molecule has 3 unspecified atom stereocenters. The maximum Gasteiger partial charge on any atom is 0.0662 e. The van der Waals surface area contributed by atoms with Crippen LogP contribution in [0.2, 0.25) is 0 Å². The highest BCUT2D eigenvalue weighted by atomic mass is 32.2. The van der Waals surface area contributed by atoms with Crippen molar-refractivity contribution in [1.82, 2.24) is 0 Å². The van der Waals surface area contributed by atoms with Crippen molar-refractivity contribution in [1.29, 1.82) is 0 Å². The summed E-state index contributed by atoms with van der Waals surface area (Å²) >= 11 is 1.83. The molecule has 15 heavy (non-hydrogen) atoms. The maximum absolute atomic E-state index is 9.93. The van der Waals surface area contributed by atoms with Crippen molar-refractivity contribution in [3.8, 4) is 0 Å². The molecule has 1 aliphatic rings. The molecule has 1 N–H and O–H groups in total. The summed E-state index contributed by atoms with van der Waals surface area (Å²) in [5, 5.41) is 10.3. The molecule has 3 atom stereocenters. The topological polar surface area (TPSA) is 20.2 Å². The zero-order chi connectivity index (χ0) is 10.7. The Hall–Kier alpha value is -0.470. The molecular weight excluding hydrogens is 204 g/mol. The zero-order valence-electron chi connectivity index (χ0n) is 9.10. The Kier molecular flexibility index (Phi) is 3.71. The highest BCUT2D eigenvalue weighted by Crippen LogP contribution is 2.36. The van der Waals surface area contributed by atoms with Gasteiger partial charge in [-0.25, -0.2) is 0 Å². The van der Waals surface area contributed by atoms with Crippen LogP contribution < -0.4 is 0 Å². The van der Waals surface area contributed by atoms with Crippen molar-refractivity contribution < 1.29 is 5.11 Å². The average Bonchev–Trinajstić information content (AvgIpc) is 2.25. The highest BCUT2D eigenvalue weighted by molar-refractivity contribution is 8.00. The summed E-state index contributed by atoms with van der Waals surface area (Å²) in [4.78, 5) is 1.27. The fraction of sp³-hybridized carbons (Fsp3) is 0.538. The third-order valence-electron chi connectivity index (χ3n) is 3.05. The van der Waals surface area contributed by atoms with Gasteiger partial charge in [-0.3, -0.25) is 0 Å². The number of thioether (sulfide) groups is 1. The summed E-state index contributed by atoms with van der Waals surface area (Å²) < 4.78 is 0. The first-order valence-electron chi connectivity index (χ1n) is 5.65. The quantitative estimate of drug-likeness (QED) is 0.828. The second-order valence-electron chi connectivity index (χ2n) is 4.45. The average molecular weight is 222 g/mol. The zero-order valence-corrected chi connectivity index (χ0v) is 9.91. The van der Waals surface area contributed by atoms with Crippen LogP contribution in [0.3, 0.4) is 0 Å². The molecule has 82 valence electrons. The highest BCUT2D eigenvalue weighted by Gasteiger charge is 2.27. The van der Waals surface area contributed by atoms with Crippen LogP contribution in [0, 0.1) is 5.92 Å². The van der Waals surface area contributed by atoms with Crippen LogP contribution >= 0.6 is 11.8 Å². The van der Waals surface area contributed by atoms with Gasteiger partial charge in [-0.15, -0.1) is 11.8 Å². The summed E-state index contributed by atoms with van der Waals surface area (Å²) in [5.74, 6) is 0.759. The molecule has 2 rings (SSSR count). The summed E-state index contributed by atoms with van der Waals surface area (Å²) in [6.07, 6.45) is 3.16.